The van der Waals surface area contributed by atoms with Crippen LogP contribution in [0.3, 0.4) is 0 Å². The molecule has 1 aliphatic heterocycles. The fraction of sp³-hybridized carbons (Fsp3) is 0.294. The quantitative estimate of drug-likeness (QED) is 0.531. The molecule has 1 N–H and O–H groups in total. The second kappa shape index (κ2) is 5.90. The van der Waals surface area contributed by atoms with Crippen LogP contribution in [0.15, 0.2) is 27.9 Å². The van der Waals surface area contributed by atoms with Gasteiger partial charge in [-0.3, -0.25) is 14.8 Å². The molecule has 0 saturated heterocycles. The maximum absolute atomic E-state index is 12.8. The molecular formula is C17H16Cl2N5O2+. The molecule has 0 fully saturated rings. The van der Waals surface area contributed by atoms with E-state index in [1.165, 1.54) is 10.6 Å². The van der Waals surface area contributed by atoms with Gasteiger partial charge in [0, 0.05) is 18.3 Å². The van der Waals surface area contributed by atoms with Crippen molar-refractivity contribution in [3.05, 3.63) is 60.6 Å². The highest BCUT2D eigenvalue weighted by Crippen LogP contribution is 2.32. The summed E-state index contributed by atoms with van der Waals surface area (Å²) in [6.45, 7) is 2.54. The van der Waals surface area contributed by atoms with Crippen LogP contribution in [0, 0.1) is 0 Å². The number of hydrogen-bond acceptors (Lipinski definition) is 4. The SMILES string of the molecule is CC1c2nccc(CN(C)C)c2-n2c(=O)[nH]c(=O)c3cc(Cl)c(Cl)[n+]1c32. The van der Waals surface area contributed by atoms with Crippen molar-refractivity contribution < 1.29 is 4.57 Å². The Morgan fingerprint density at radius 3 is 2.77 bits per heavy atom. The molecule has 1 atom stereocenters. The minimum atomic E-state index is -0.532. The summed E-state index contributed by atoms with van der Waals surface area (Å²) in [5.74, 6) is 0. The lowest BCUT2D eigenvalue weighted by Crippen LogP contribution is -2.50. The summed E-state index contributed by atoms with van der Waals surface area (Å²) in [5.41, 5.74) is 1.69. The largest absolute Gasteiger partial charge is 0.421 e. The third-order valence-corrected chi connectivity index (χ3v) is 5.33. The standard InChI is InChI=1S/C17H15Cl2N5O2/c1-8-12-13(9(4-5-20-12)7-22(2)3)24-16-10(15(25)21-17(24)26)6-11(18)14(19)23(8)16/h4-6,8H,7H2,1-3H3/p+1. The third-order valence-electron chi connectivity index (χ3n) is 4.56. The van der Waals surface area contributed by atoms with Crippen LogP contribution >= 0.6 is 23.2 Å². The second-order valence-corrected chi connectivity index (χ2v) is 7.37. The average molecular weight is 393 g/mol. The molecule has 134 valence electrons. The highest BCUT2D eigenvalue weighted by molar-refractivity contribution is 6.41. The number of nitrogens with one attached hydrogen (secondary N) is 1. The number of aromatic amines is 1. The predicted molar refractivity (Wildman–Crippen MR) is 99.4 cm³/mol. The van der Waals surface area contributed by atoms with Crippen molar-refractivity contribution in [1.82, 2.24) is 19.4 Å². The van der Waals surface area contributed by atoms with Gasteiger partial charge in [0.25, 0.3) is 5.56 Å². The Morgan fingerprint density at radius 2 is 2.08 bits per heavy atom. The summed E-state index contributed by atoms with van der Waals surface area (Å²) < 4.78 is 3.16. The summed E-state index contributed by atoms with van der Waals surface area (Å²) in [5, 5.41) is 0.807. The van der Waals surface area contributed by atoms with Gasteiger partial charge in [0.1, 0.15) is 22.1 Å². The first kappa shape index (κ1) is 17.2. The Balaban J connectivity index is 2.26. The van der Waals surface area contributed by atoms with E-state index in [0.717, 1.165) is 5.56 Å². The molecule has 1 unspecified atom stereocenters. The van der Waals surface area contributed by atoms with Crippen molar-refractivity contribution in [3.63, 3.8) is 0 Å². The van der Waals surface area contributed by atoms with E-state index in [-0.39, 0.29) is 16.2 Å². The van der Waals surface area contributed by atoms with Gasteiger partial charge in [0.15, 0.2) is 5.69 Å². The topological polar surface area (TPSA) is 74.9 Å². The smallest absolute Gasteiger partial charge is 0.305 e. The number of nitrogens with zero attached hydrogens (tertiary/aromatic N) is 4. The molecule has 3 aromatic heterocycles. The van der Waals surface area contributed by atoms with Crippen LogP contribution in [0.4, 0.5) is 0 Å². The molecule has 0 aliphatic carbocycles. The normalized spacial score (nSPS) is 15.5. The second-order valence-electron chi connectivity index (χ2n) is 6.60. The minimum absolute atomic E-state index is 0.245. The van der Waals surface area contributed by atoms with E-state index >= 15 is 0 Å². The first-order valence-electron chi connectivity index (χ1n) is 8.02. The van der Waals surface area contributed by atoms with E-state index in [1.54, 1.807) is 10.8 Å². The van der Waals surface area contributed by atoms with Crippen molar-refractivity contribution in [1.29, 1.82) is 0 Å². The fourth-order valence-electron chi connectivity index (χ4n) is 3.53. The summed E-state index contributed by atoms with van der Waals surface area (Å²) >= 11 is 12.7. The monoisotopic (exact) mass is 392 g/mol. The van der Waals surface area contributed by atoms with Gasteiger partial charge < -0.3 is 4.90 Å². The number of H-pyrrole nitrogens is 1. The molecule has 0 saturated carbocycles. The van der Waals surface area contributed by atoms with E-state index in [1.807, 2.05) is 32.0 Å². The van der Waals surface area contributed by atoms with Crippen LogP contribution in [0.1, 0.15) is 24.2 Å². The van der Waals surface area contributed by atoms with E-state index in [9.17, 15) is 9.59 Å². The van der Waals surface area contributed by atoms with Gasteiger partial charge in [-0.05, 0) is 44.8 Å². The Labute approximate surface area is 158 Å². The van der Waals surface area contributed by atoms with Crippen molar-refractivity contribution in [3.8, 4) is 5.69 Å². The number of fused-ring (bicyclic) bond motifs is 2. The molecule has 1 aliphatic rings. The van der Waals surface area contributed by atoms with Gasteiger partial charge in [0.05, 0.1) is 0 Å². The molecule has 0 bridgehead atoms. The summed E-state index contributed by atoms with van der Waals surface area (Å²) in [6.07, 6.45) is 1.71. The molecule has 26 heavy (non-hydrogen) atoms. The van der Waals surface area contributed by atoms with Crippen LogP contribution in [0.25, 0.3) is 16.7 Å². The van der Waals surface area contributed by atoms with Crippen LogP contribution in [0.5, 0.6) is 0 Å². The number of halogens is 2. The zero-order valence-corrected chi connectivity index (χ0v) is 15.9. The third kappa shape index (κ3) is 2.31. The van der Waals surface area contributed by atoms with E-state index in [2.05, 4.69) is 9.97 Å². The van der Waals surface area contributed by atoms with Gasteiger partial charge in [-0.15, -0.1) is 4.57 Å². The highest BCUT2D eigenvalue weighted by Gasteiger charge is 2.38. The number of hydrogen-bond donors (Lipinski definition) is 1. The zero-order chi connectivity index (χ0) is 18.7. The Hall–Kier alpha value is -2.22. The zero-order valence-electron chi connectivity index (χ0n) is 14.4. The maximum Gasteiger partial charge on any atom is 0.421 e. The van der Waals surface area contributed by atoms with Gasteiger partial charge >= 0.3 is 11.3 Å². The Morgan fingerprint density at radius 1 is 1.35 bits per heavy atom. The van der Waals surface area contributed by atoms with Crippen molar-refractivity contribution in [2.45, 2.75) is 19.5 Å². The first-order valence-corrected chi connectivity index (χ1v) is 8.78. The van der Waals surface area contributed by atoms with E-state index < -0.39 is 11.2 Å². The lowest BCUT2D eigenvalue weighted by Gasteiger charge is -2.24. The van der Waals surface area contributed by atoms with Gasteiger partial charge in [-0.2, -0.15) is 0 Å². The highest BCUT2D eigenvalue weighted by atomic mass is 35.5. The van der Waals surface area contributed by atoms with Crippen LogP contribution in [-0.2, 0) is 6.54 Å². The first-order chi connectivity index (χ1) is 12.3. The van der Waals surface area contributed by atoms with Gasteiger partial charge in [-0.25, -0.2) is 9.36 Å². The summed E-state index contributed by atoms with van der Waals surface area (Å²) in [4.78, 5) is 34.0. The summed E-state index contributed by atoms with van der Waals surface area (Å²) in [7, 11) is 3.90. The molecule has 4 rings (SSSR count). The molecule has 0 spiro atoms. The maximum atomic E-state index is 12.8. The lowest BCUT2D eigenvalue weighted by atomic mass is 10.0. The number of aromatic nitrogens is 4. The summed E-state index contributed by atoms with van der Waals surface area (Å²) in [6, 6.07) is 3.08. The molecule has 3 aromatic rings. The molecule has 7 nitrogen and oxygen atoms in total. The van der Waals surface area contributed by atoms with Crippen molar-refractivity contribution in [2.75, 3.05) is 14.1 Å². The molecule has 4 heterocycles. The van der Waals surface area contributed by atoms with Crippen molar-refractivity contribution in [2.24, 2.45) is 0 Å². The van der Waals surface area contributed by atoms with Crippen LogP contribution in [-0.4, -0.2) is 33.5 Å². The molecule has 9 heteroatoms. The van der Waals surface area contributed by atoms with Crippen molar-refractivity contribution >= 4 is 34.2 Å². The fourth-order valence-corrected chi connectivity index (χ4v) is 4.01. The number of rotatable bonds is 2. The lowest BCUT2D eigenvalue weighted by molar-refractivity contribution is -0.687. The molecule has 0 aromatic carbocycles. The van der Waals surface area contributed by atoms with E-state index in [4.69, 9.17) is 23.2 Å². The minimum Gasteiger partial charge on any atom is -0.305 e. The Bertz CT molecular complexity index is 1180. The molecule has 0 amide bonds. The van der Waals surface area contributed by atoms with Crippen LogP contribution < -0.4 is 15.8 Å². The predicted octanol–water partition coefficient (Wildman–Crippen LogP) is 1.65. The molecule has 0 radical (unpaired) electrons. The van der Waals surface area contributed by atoms with E-state index in [0.29, 0.717) is 29.0 Å². The van der Waals surface area contributed by atoms with Gasteiger partial charge in [0.2, 0.25) is 5.15 Å². The average Bonchev–Trinajstić information content (AvgIpc) is 2.57. The van der Waals surface area contributed by atoms with Crippen LogP contribution in [0.2, 0.25) is 10.2 Å². The van der Waals surface area contributed by atoms with Gasteiger partial charge in [-0.1, -0.05) is 11.6 Å². The molecular weight excluding hydrogens is 377 g/mol. The Kier molecular flexibility index (Phi) is 3.91. The number of pyridine rings is 2.